The van der Waals surface area contributed by atoms with E-state index in [-0.39, 0.29) is 17.3 Å². The predicted molar refractivity (Wildman–Crippen MR) is 105 cm³/mol. The van der Waals surface area contributed by atoms with Crippen LogP contribution in [-0.4, -0.2) is 32.7 Å². The molecule has 0 aliphatic carbocycles. The van der Waals surface area contributed by atoms with Crippen molar-refractivity contribution in [1.29, 1.82) is 0 Å². The van der Waals surface area contributed by atoms with Crippen LogP contribution in [0.3, 0.4) is 0 Å². The van der Waals surface area contributed by atoms with E-state index in [1.807, 2.05) is 30.3 Å². The largest absolute Gasteiger partial charge is 0.469 e. The highest BCUT2D eigenvalue weighted by atomic mass is 32.2. The maximum atomic E-state index is 11.7. The van der Waals surface area contributed by atoms with Crippen molar-refractivity contribution in [2.24, 2.45) is 0 Å². The first-order valence-electron chi connectivity index (χ1n) is 8.81. The van der Waals surface area contributed by atoms with Crippen LogP contribution in [0.25, 0.3) is 22.6 Å². The number of esters is 1. The second kappa shape index (κ2) is 8.39. The molecule has 3 rings (SSSR count). The molecule has 146 valence electrons. The van der Waals surface area contributed by atoms with Gasteiger partial charge in [-0.3, -0.25) is 4.79 Å². The summed E-state index contributed by atoms with van der Waals surface area (Å²) in [7, 11) is -1.91. The van der Waals surface area contributed by atoms with Gasteiger partial charge in [0.2, 0.25) is 0 Å². The van der Waals surface area contributed by atoms with Crippen molar-refractivity contribution in [1.82, 2.24) is 4.98 Å². The first-order chi connectivity index (χ1) is 13.4. The number of rotatable bonds is 7. The second-order valence-electron chi connectivity index (χ2n) is 6.38. The normalized spacial score (nSPS) is 11.4. The molecule has 0 amide bonds. The van der Waals surface area contributed by atoms with Gasteiger partial charge in [0.15, 0.2) is 21.5 Å². The summed E-state index contributed by atoms with van der Waals surface area (Å²) in [4.78, 5) is 16.2. The molecule has 0 fully saturated rings. The molecule has 28 heavy (non-hydrogen) atoms. The lowest BCUT2D eigenvalue weighted by molar-refractivity contribution is -0.140. The number of ether oxygens (including phenoxy) is 1. The highest BCUT2D eigenvalue weighted by Gasteiger charge is 2.18. The molecular formula is C21H21NO5S. The fourth-order valence-electron chi connectivity index (χ4n) is 2.80. The van der Waals surface area contributed by atoms with Gasteiger partial charge in [-0.15, -0.1) is 0 Å². The number of aryl methyl sites for hydroxylation is 1. The molecule has 0 N–H and O–H groups in total. The van der Waals surface area contributed by atoms with Crippen molar-refractivity contribution in [3.63, 3.8) is 0 Å². The molecule has 0 aliphatic heterocycles. The molecule has 1 heterocycles. The summed E-state index contributed by atoms with van der Waals surface area (Å²) in [6.07, 6.45) is 2.52. The maximum Gasteiger partial charge on any atom is 0.305 e. The summed E-state index contributed by atoms with van der Waals surface area (Å²) in [6.45, 7) is 0. The molecule has 0 saturated carbocycles. The summed E-state index contributed by atoms with van der Waals surface area (Å²) in [6, 6.07) is 16.1. The molecule has 0 radical (unpaired) electrons. The van der Waals surface area contributed by atoms with Gasteiger partial charge in [0, 0.05) is 30.2 Å². The van der Waals surface area contributed by atoms with Gasteiger partial charge in [0.25, 0.3) is 0 Å². The first-order valence-corrected chi connectivity index (χ1v) is 10.7. The minimum absolute atomic E-state index is 0.246. The Kier molecular flexibility index (Phi) is 5.94. The molecule has 0 bridgehead atoms. The Labute approximate surface area is 164 Å². The zero-order valence-corrected chi connectivity index (χ0v) is 16.5. The average molecular weight is 399 g/mol. The van der Waals surface area contributed by atoms with Gasteiger partial charge < -0.3 is 9.15 Å². The van der Waals surface area contributed by atoms with Gasteiger partial charge >= 0.3 is 5.97 Å². The Bertz CT molecular complexity index is 1050. The highest BCUT2D eigenvalue weighted by molar-refractivity contribution is 7.90. The number of nitrogens with zero attached hydrogens (tertiary/aromatic N) is 1. The van der Waals surface area contributed by atoms with E-state index in [1.54, 1.807) is 24.3 Å². The Morgan fingerprint density at radius 1 is 1.04 bits per heavy atom. The summed E-state index contributed by atoms with van der Waals surface area (Å²) in [5.74, 6) is 0.815. The van der Waals surface area contributed by atoms with Crippen LogP contribution >= 0.6 is 0 Å². The number of hydrogen-bond donors (Lipinski definition) is 0. The van der Waals surface area contributed by atoms with E-state index in [2.05, 4.69) is 9.72 Å². The summed E-state index contributed by atoms with van der Waals surface area (Å²) in [5.41, 5.74) is 2.31. The zero-order valence-electron chi connectivity index (χ0n) is 15.7. The van der Waals surface area contributed by atoms with Gasteiger partial charge in [-0.05, 0) is 30.7 Å². The summed E-state index contributed by atoms with van der Waals surface area (Å²) in [5, 5.41) is 0. The van der Waals surface area contributed by atoms with Gasteiger partial charge in [0.05, 0.1) is 12.0 Å². The Hall–Kier alpha value is -2.93. The molecule has 0 spiro atoms. The standard InChI is InChI=1S/C21H21NO5S/c1-26-19(23)10-6-9-18-22-20(15-7-4-3-5-8-15)21(27-18)16-11-13-17(14-12-16)28(2,24)25/h3-5,7-8,11-14H,6,9-10H2,1-2H3. The topological polar surface area (TPSA) is 86.5 Å². The van der Waals surface area contributed by atoms with Crippen molar-refractivity contribution in [2.45, 2.75) is 24.2 Å². The van der Waals surface area contributed by atoms with E-state index in [1.165, 1.54) is 13.4 Å². The Morgan fingerprint density at radius 3 is 2.32 bits per heavy atom. The van der Waals surface area contributed by atoms with Crippen LogP contribution in [0.1, 0.15) is 18.7 Å². The molecule has 0 unspecified atom stereocenters. The van der Waals surface area contributed by atoms with Gasteiger partial charge in [-0.25, -0.2) is 13.4 Å². The van der Waals surface area contributed by atoms with Crippen LogP contribution in [0.15, 0.2) is 63.9 Å². The minimum atomic E-state index is -3.27. The third-order valence-electron chi connectivity index (χ3n) is 4.26. The number of oxazole rings is 1. The number of carbonyl (C=O) groups is 1. The molecule has 0 saturated heterocycles. The van der Waals surface area contributed by atoms with Crippen LogP contribution in [0.4, 0.5) is 0 Å². The molecular weight excluding hydrogens is 378 g/mol. The zero-order chi connectivity index (χ0) is 20.1. The molecule has 7 heteroatoms. The molecule has 3 aromatic rings. The second-order valence-corrected chi connectivity index (χ2v) is 8.39. The maximum absolute atomic E-state index is 11.7. The van der Waals surface area contributed by atoms with Gasteiger partial charge in [-0.1, -0.05) is 30.3 Å². The van der Waals surface area contributed by atoms with E-state index in [9.17, 15) is 13.2 Å². The molecule has 2 aromatic carbocycles. The van der Waals surface area contributed by atoms with Crippen molar-refractivity contribution < 1.29 is 22.4 Å². The van der Waals surface area contributed by atoms with Crippen molar-refractivity contribution in [3.05, 3.63) is 60.5 Å². The third kappa shape index (κ3) is 4.67. The molecule has 1 aromatic heterocycles. The quantitative estimate of drug-likeness (QED) is 0.560. The highest BCUT2D eigenvalue weighted by Crippen LogP contribution is 2.33. The smallest absolute Gasteiger partial charge is 0.305 e. The number of carbonyl (C=O) groups excluding carboxylic acids is 1. The van der Waals surface area contributed by atoms with Crippen LogP contribution in [0, 0.1) is 0 Å². The number of aromatic nitrogens is 1. The van der Waals surface area contributed by atoms with Crippen molar-refractivity contribution >= 4 is 15.8 Å². The van der Waals surface area contributed by atoms with Crippen LogP contribution < -0.4 is 0 Å². The first kappa shape index (κ1) is 19.8. The van der Waals surface area contributed by atoms with E-state index in [0.717, 1.165) is 11.1 Å². The average Bonchev–Trinajstić information content (AvgIpc) is 3.12. The van der Waals surface area contributed by atoms with Gasteiger partial charge in [-0.2, -0.15) is 0 Å². The van der Waals surface area contributed by atoms with E-state index < -0.39 is 9.84 Å². The fourth-order valence-corrected chi connectivity index (χ4v) is 3.43. The van der Waals surface area contributed by atoms with E-state index in [0.29, 0.717) is 30.2 Å². The number of hydrogen-bond acceptors (Lipinski definition) is 6. The lowest BCUT2D eigenvalue weighted by atomic mass is 10.1. The van der Waals surface area contributed by atoms with Crippen molar-refractivity contribution in [2.75, 3.05) is 13.4 Å². The summed E-state index contributed by atoms with van der Waals surface area (Å²) < 4.78 is 34.0. The Balaban J connectivity index is 1.95. The van der Waals surface area contributed by atoms with Crippen LogP contribution in [0.2, 0.25) is 0 Å². The number of benzene rings is 2. The SMILES string of the molecule is COC(=O)CCCc1nc(-c2ccccc2)c(-c2ccc(S(C)(=O)=O)cc2)o1. The van der Waals surface area contributed by atoms with Crippen molar-refractivity contribution in [3.8, 4) is 22.6 Å². The molecule has 0 aliphatic rings. The van der Waals surface area contributed by atoms with E-state index in [4.69, 9.17) is 4.42 Å². The van der Waals surface area contributed by atoms with Crippen LogP contribution in [-0.2, 0) is 25.8 Å². The third-order valence-corrected chi connectivity index (χ3v) is 5.39. The molecule has 0 atom stereocenters. The number of methoxy groups -OCH3 is 1. The van der Waals surface area contributed by atoms with Crippen LogP contribution in [0.5, 0.6) is 0 Å². The summed E-state index contributed by atoms with van der Waals surface area (Å²) >= 11 is 0. The predicted octanol–water partition coefficient (Wildman–Crippen LogP) is 3.91. The van der Waals surface area contributed by atoms with Gasteiger partial charge in [0.1, 0.15) is 5.69 Å². The monoisotopic (exact) mass is 399 g/mol. The molecule has 6 nitrogen and oxygen atoms in total. The van der Waals surface area contributed by atoms with E-state index >= 15 is 0 Å². The fraction of sp³-hybridized carbons (Fsp3) is 0.238. The lowest BCUT2D eigenvalue weighted by Gasteiger charge is -2.03. The minimum Gasteiger partial charge on any atom is -0.469 e. The Morgan fingerprint density at radius 2 is 1.71 bits per heavy atom. The number of sulfone groups is 1. The lowest BCUT2D eigenvalue weighted by Crippen LogP contribution is -2.00.